The lowest BCUT2D eigenvalue weighted by Crippen LogP contribution is -2.36. The van der Waals surface area contributed by atoms with Crippen molar-refractivity contribution in [1.82, 2.24) is 20.9 Å². The Labute approximate surface area is 216 Å². The number of halogens is 1. The van der Waals surface area contributed by atoms with Gasteiger partial charge in [-0.25, -0.2) is 4.98 Å². The van der Waals surface area contributed by atoms with Gasteiger partial charge in [0.25, 0.3) is 5.91 Å². The molecule has 0 aliphatic heterocycles. The van der Waals surface area contributed by atoms with E-state index in [1.165, 1.54) is 5.56 Å². The summed E-state index contributed by atoms with van der Waals surface area (Å²) in [7, 11) is 1.72. The van der Waals surface area contributed by atoms with Gasteiger partial charge in [-0.15, -0.1) is 24.0 Å². The third-order valence-corrected chi connectivity index (χ3v) is 5.18. The summed E-state index contributed by atoms with van der Waals surface area (Å²) in [5, 5.41) is 9.43. The Hall–Kier alpha value is -3.08. The zero-order chi connectivity index (χ0) is 23.0. The van der Waals surface area contributed by atoms with Gasteiger partial charge in [0.2, 0.25) is 5.89 Å². The molecule has 1 heterocycles. The van der Waals surface area contributed by atoms with E-state index in [9.17, 15) is 4.79 Å². The summed E-state index contributed by atoms with van der Waals surface area (Å²) in [6.45, 7) is 3.11. The van der Waals surface area contributed by atoms with Crippen LogP contribution in [0.1, 0.15) is 29.7 Å². The molecule has 0 radical (unpaired) electrons. The number of aromatic nitrogens is 1. The number of aliphatic imine (C=N–C) groups is 1. The molecule has 8 nitrogen and oxygen atoms in total. The molecule has 9 heteroatoms. The second kappa shape index (κ2) is 12.4. The van der Waals surface area contributed by atoms with Gasteiger partial charge in [-0.3, -0.25) is 9.79 Å². The van der Waals surface area contributed by atoms with Crippen LogP contribution < -0.4 is 20.7 Å². The lowest BCUT2D eigenvalue weighted by molar-refractivity contribution is -0.123. The number of nitrogens with one attached hydrogen (secondary N) is 3. The maximum atomic E-state index is 11.8. The minimum atomic E-state index is -0.0796. The van der Waals surface area contributed by atoms with E-state index in [0.29, 0.717) is 36.7 Å². The van der Waals surface area contributed by atoms with Crippen LogP contribution in [0.2, 0.25) is 0 Å². The van der Waals surface area contributed by atoms with Gasteiger partial charge < -0.3 is 25.1 Å². The molecule has 3 aromatic rings. The minimum Gasteiger partial charge on any atom is -0.484 e. The van der Waals surface area contributed by atoms with Crippen LogP contribution >= 0.6 is 24.0 Å². The number of rotatable bonds is 9. The Balaban J connectivity index is 0.00000324. The Morgan fingerprint density at radius 2 is 1.91 bits per heavy atom. The van der Waals surface area contributed by atoms with Crippen LogP contribution in [-0.4, -0.2) is 36.5 Å². The molecule has 1 saturated carbocycles. The molecule has 2 aromatic carbocycles. The lowest BCUT2D eigenvalue weighted by Gasteiger charge is -2.12. The molecule has 180 valence electrons. The maximum Gasteiger partial charge on any atom is 0.258 e. The number of amides is 1. The largest absolute Gasteiger partial charge is 0.484 e. The summed E-state index contributed by atoms with van der Waals surface area (Å²) in [6, 6.07) is 16.0. The molecule has 3 N–H and O–H groups in total. The molecule has 34 heavy (non-hydrogen) atoms. The van der Waals surface area contributed by atoms with Gasteiger partial charge in [0.05, 0.1) is 12.2 Å². The highest BCUT2D eigenvalue weighted by Crippen LogP contribution is 2.20. The van der Waals surface area contributed by atoms with Crippen molar-refractivity contribution in [3.63, 3.8) is 0 Å². The molecule has 4 rings (SSSR count). The van der Waals surface area contributed by atoms with E-state index in [1.54, 1.807) is 13.3 Å². The van der Waals surface area contributed by atoms with Crippen molar-refractivity contribution in [1.29, 1.82) is 0 Å². The fraction of sp³-hybridized carbons (Fsp3) is 0.320. The molecular weight excluding hydrogens is 545 g/mol. The van der Waals surface area contributed by atoms with Gasteiger partial charge in [-0.1, -0.05) is 29.8 Å². The first kappa shape index (κ1) is 25.5. The van der Waals surface area contributed by atoms with Crippen LogP contribution in [0.4, 0.5) is 0 Å². The molecule has 0 saturated heterocycles. The molecule has 0 bridgehead atoms. The summed E-state index contributed by atoms with van der Waals surface area (Å²) in [4.78, 5) is 20.6. The number of ether oxygens (including phenoxy) is 1. The van der Waals surface area contributed by atoms with Crippen molar-refractivity contribution in [2.75, 3.05) is 13.7 Å². The number of nitrogens with zero attached hydrogens (tertiary/aromatic N) is 2. The normalized spacial score (nSPS) is 13.1. The second-order valence-electron chi connectivity index (χ2n) is 8.07. The maximum absolute atomic E-state index is 11.8. The molecule has 0 spiro atoms. The van der Waals surface area contributed by atoms with Gasteiger partial charge in [-0.05, 0) is 49.6 Å². The zero-order valence-corrected chi connectivity index (χ0v) is 21.7. The second-order valence-corrected chi connectivity index (χ2v) is 8.07. The Bertz CT molecular complexity index is 1110. The van der Waals surface area contributed by atoms with E-state index >= 15 is 0 Å². The molecule has 0 unspecified atom stereocenters. The minimum absolute atomic E-state index is 0. The van der Waals surface area contributed by atoms with Crippen molar-refractivity contribution in [3.8, 4) is 17.2 Å². The SMILES string of the molecule is CN=C(NCc1cccc(OCC(=O)NC2CC2)c1)NCc1coc(-c2ccc(C)cc2)n1.I. The third-order valence-electron chi connectivity index (χ3n) is 5.18. The molecular formula is C25H30IN5O3. The number of benzene rings is 2. The molecule has 1 aliphatic carbocycles. The standard InChI is InChI=1S/C25H29N5O3.HI/c1-17-6-8-19(9-7-17)24-30-21(15-33-24)14-28-25(26-2)27-13-18-4-3-5-22(12-18)32-16-23(31)29-20-10-11-20;/h3-9,12,15,20H,10-11,13-14,16H2,1-2H3,(H,29,31)(H2,26,27,28);1H. The summed E-state index contributed by atoms with van der Waals surface area (Å²) >= 11 is 0. The number of hydrogen-bond acceptors (Lipinski definition) is 5. The average molecular weight is 575 g/mol. The molecule has 1 fully saturated rings. The van der Waals surface area contributed by atoms with Crippen LogP contribution in [0.5, 0.6) is 5.75 Å². The smallest absolute Gasteiger partial charge is 0.258 e. The Kier molecular flexibility index (Phi) is 9.32. The van der Waals surface area contributed by atoms with Crippen LogP contribution in [-0.2, 0) is 17.9 Å². The highest BCUT2D eigenvalue weighted by atomic mass is 127. The van der Waals surface area contributed by atoms with Crippen LogP contribution in [0, 0.1) is 6.92 Å². The van der Waals surface area contributed by atoms with Crippen molar-refractivity contribution in [2.45, 2.75) is 38.9 Å². The molecule has 1 aliphatic rings. The third kappa shape index (κ3) is 7.75. The summed E-state index contributed by atoms with van der Waals surface area (Å²) < 4.78 is 11.2. The fourth-order valence-electron chi connectivity index (χ4n) is 3.19. The first-order chi connectivity index (χ1) is 16.1. The quantitative estimate of drug-likeness (QED) is 0.204. The van der Waals surface area contributed by atoms with Gasteiger partial charge in [-0.2, -0.15) is 0 Å². The summed E-state index contributed by atoms with van der Waals surface area (Å²) in [5.41, 5.74) is 3.94. The molecule has 0 atom stereocenters. The van der Waals surface area contributed by atoms with E-state index in [0.717, 1.165) is 29.7 Å². The number of hydrogen-bond donors (Lipinski definition) is 3. The zero-order valence-electron chi connectivity index (χ0n) is 19.3. The Morgan fingerprint density at radius 3 is 2.65 bits per heavy atom. The Morgan fingerprint density at radius 1 is 1.15 bits per heavy atom. The van der Waals surface area contributed by atoms with E-state index in [-0.39, 0.29) is 36.5 Å². The molecule has 1 amide bonds. The predicted molar refractivity (Wildman–Crippen MR) is 142 cm³/mol. The van der Waals surface area contributed by atoms with Gasteiger partial charge in [0, 0.05) is 25.2 Å². The number of carbonyl (C=O) groups is 1. The van der Waals surface area contributed by atoms with E-state index in [1.807, 2.05) is 55.5 Å². The van der Waals surface area contributed by atoms with Gasteiger partial charge in [0.15, 0.2) is 12.6 Å². The van der Waals surface area contributed by atoms with E-state index < -0.39 is 0 Å². The number of carbonyl (C=O) groups excluding carboxylic acids is 1. The van der Waals surface area contributed by atoms with Crippen LogP contribution in [0.15, 0.2) is 64.2 Å². The van der Waals surface area contributed by atoms with E-state index in [2.05, 4.69) is 25.9 Å². The van der Waals surface area contributed by atoms with Crippen molar-refractivity contribution < 1.29 is 13.9 Å². The number of oxazole rings is 1. The number of guanidine groups is 1. The fourth-order valence-corrected chi connectivity index (χ4v) is 3.19. The van der Waals surface area contributed by atoms with Crippen molar-refractivity contribution >= 4 is 35.8 Å². The summed E-state index contributed by atoms with van der Waals surface area (Å²) in [6.07, 6.45) is 3.77. The van der Waals surface area contributed by atoms with Crippen molar-refractivity contribution in [3.05, 3.63) is 71.6 Å². The van der Waals surface area contributed by atoms with Crippen LogP contribution in [0.25, 0.3) is 11.5 Å². The van der Waals surface area contributed by atoms with Crippen LogP contribution in [0.3, 0.4) is 0 Å². The highest BCUT2D eigenvalue weighted by Gasteiger charge is 2.23. The topological polar surface area (TPSA) is 101 Å². The first-order valence-electron chi connectivity index (χ1n) is 11.1. The monoisotopic (exact) mass is 575 g/mol. The summed E-state index contributed by atoms with van der Waals surface area (Å²) in [5.74, 6) is 1.82. The van der Waals surface area contributed by atoms with Gasteiger partial charge >= 0.3 is 0 Å². The van der Waals surface area contributed by atoms with E-state index in [4.69, 9.17) is 9.15 Å². The van der Waals surface area contributed by atoms with Gasteiger partial charge in [0.1, 0.15) is 12.0 Å². The lowest BCUT2D eigenvalue weighted by atomic mass is 10.1. The average Bonchev–Trinajstić information content (AvgIpc) is 3.52. The first-order valence-corrected chi connectivity index (χ1v) is 11.1. The van der Waals surface area contributed by atoms with Crippen molar-refractivity contribution in [2.24, 2.45) is 4.99 Å². The predicted octanol–water partition coefficient (Wildman–Crippen LogP) is 3.79. The molecule has 1 aromatic heterocycles. The highest BCUT2D eigenvalue weighted by molar-refractivity contribution is 14.0. The number of aryl methyl sites for hydroxylation is 1.